The van der Waals surface area contributed by atoms with Crippen molar-refractivity contribution in [3.63, 3.8) is 0 Å². The van der Waals surface area contributed by atoms with Crippen LogP contribution in [0.3, 0.4) is 0 Å². The summed E-state index contributed by atoms with van der Waals surface area (Å²) in [5.41, 5.74) is 7.60. The van der Waals surface area contributed by atoms with Gasteiger partial charge in [-0.05, 0) is 38.8 Å². The fraction of sp³-hybridized carbons (Fsp3) is 0.533. The van der Waals surface area contributed by atoms with Crippen LogP contribution in [0.1, 0.15) is 31.9 Å². The standard InChI is InChI=1S/C15H24N2O/c1-5-17(14(18)15(3,4)11-16)10-13-9-7-6-8-12(13)2/h6-9H,5,10-11,16H2,1-4H3. The van der Waals surface area contributed by atoms with E-state index in [0.717, 1.165) is 0 Å². The minimum Gasteiger partial charge on any atom is -0.338 e. The van der Waals surface area contributed by atoms with Crippen LogP contribution in [0.15, 0.2) is 24.3 Å². The molecule has 3 heteroatoms. The van der Waals surface area contributed by atoms with E-state index in [1.54, 1.807) is 0 Å². The highest BCUT2D eigenvalue weighted by Crippen LogP contribution is 2.19. The van der Waals surface area contributed by atoms with Crippen molar-refractivity contribution in [3.05, 3.63) is 35.4 Å². The smallest absolute Gasteiger partial charge is 0.229 e. The molecule has 0 fully saturated rings. The Morgan fingerprint density at radius 2 is 1.94 bits per heavy atom. The number of nitrogens with two attached hydrogens (primary N) is 1. The number of rotatable bonds is 5. The third kappa shape index (κ3) is 3.33. The molecule has 0 aromatic heterocycles. The molecule has 1 aromatic rings. The second kappa shape index (κ2) is 6.01. The second-order valence-corrected chi connectivity index (χ2v) is 5.33. The molecule has 1 aromatic carbocycles. The Morgan fingerprint density at radius 3 is 2.44 bits per heavy atom. The lowest BCUT2D eigenvalue weighted by Crippen LogP contribution is -2.44. The molecule has 100 valence electrons. The van der Waals surface area contributed by atoms with Crippen LogP contribution in [0.4, 0.5) is 0 Å². The van der Waals surface area contributed by atoms with Gasteiger partial charge in [-0.15, -0.1) is 0 Å². The Balaban J connectivity index is 2.86. The van der Waals surface area contributed by atoms with Gasteiger partial charge < -0.3 is 10.6 Å². The van der Waals surface area contributed by atoms with Crippen LogP contribution < -0.4 is 5.73 Å². The highest BCUT2D eigenvalue weighted by Gasteiger charge is 2.30. The summed E-state index contributed by atoms with van der Waals surface area (Å²) in [5.74, 6) is 0.121. The lowest BCUT2D eigenvalue weighted by Gasteiger charge is -2.30. The number of hydrogen-bond acceptors (Lipinski definition) is 2. The molecule has 1 amide bonds. The average Bonchev–Trinajstić information content (AvgIpc) is 2.37. The average molecular weight is 248 g/mol. The van der Waals surface area contributed by atoms with E-state index < -0.39 is 5.41 Å². The van der Waals surface area contributed by atoms with Gasteiger partial charge >= 0.3 is 0 Å². The molecule has 1 rings (SSSR count). The zero-order chi connectivity index (χ0) is 13.8. The Kier molecular flexibility index (Phi) is 4.91. The van der Waals surface area contributed by atoms with E-state index in [1.165, 1.54) is 11.1 Å². The summed E-state index contributed by atoms with van der Waals surface area (Å²) in [6, 6.07) is 8.16. The first-order chi connectivity index (χ1) is 8.42. The summed E-state index contributed by atoms with van der Waals surface area (Å²) in [5, 5.41) is 0. The number of carbonyl (C=O) groups excluding carboxylic acids is 1. The van der Waals surface area contributed by atoms with E-state index in [1.807, 2.05) is 37.8 Å². The van der Waals surface area contributed by atoms with Crippen molar-refractivity contribution >= 4 is 5.91 Å². The SMILES string of the molecule is CCN(Cc1ccccc1C)C(=O)C(C)(C)CN. The van der Waals surface area contributed by atoms with Gasteiger partial charge in [0, 0.05) is 19.6 Å². The molecule has 0 unspecified atom stereocenters. The number of carbonyl (C=O) groups is 1. The number of nitrogens with zero attached hydrogens (tertiary/aromatic N) is 1. The molecule has 2 N–H and O–H groups in total. The molecule has 3 nitrogen and oxygen atoms in total. The first-order valence-corrected chi connectivity index (χ1v) is 6.46. The predicted molar refractivity (Wildman–Crippen MR) is 75.1 cm³/mol. The summed E-state index contributed by atoms with van der Waals surface area (Å²) < 4.78 is 0. The van der Waals surface area contributed by atoms with Gasteiger partial charge in [-0.2, -0.15) is 0 Å². The summed E-state index contributed by atoms with van der Waals surface area (Å²) >= 11 is 0. The predicted octanol–water partition coefficient (Wildman–Crippen LogP) is 2.33. The fourth-order valence-corrected chi connectivity index (χ4v) is 1.84. The maximum atomic E-state index is 12.4. The quantitative estimate of drug-likeness (QED) is 0.869. The van der Waals surface area contributed by atoms with E-state index >= 15 is 0 Å². The van der Waals surface area contributed by atoms with Gasteiger partial charge in [0.15, 0.2) is 0 Å². The molecule has 0 aliphatic heterocycles. The lowest BCUT2D eigenvalue weighted by atomic mass is 9.91. The maximum Gasteiger partial charge on any atom is 0.229 e. The van der Waals surface area contributed by atoms with Crippen molar-refractivity contribution in [2.24, 2.45) is 11.1 Å². The minimum absolute atomic E-state index is 0.121. The van der Waals surface area contributed by atoms with Crippen molar-refractivity contribution < 1.29 is 4.79 Å². The maximum absolute atomic E-state index is 12.4. The molecule has 0 spiro atoms. The molecule has 0 aliphatic carbocycles. The number of benzene rings is 1. The van der Waals surface area contributed by atoms with E-state index in [4.69, 9.17) is 5.73 Å². The van der Waals surface area contributed by atoms with E-state index in [9.17, 15) is 4.79 Å². The molecule has 0 saturated heterocycles. The normalized spacial score (nSPS) is 11.4. The van der Waals surface area contributed by atoms with Crippen LogP contribution >= 0.6 is 0 Å². The molecular weight excluding hydrogens is 224 g/mol. The second-order valence-electron chi connectivity index (χ2n) is 5.33. The fourth-order valence-electron chi connectivity index (χ4n) is 1.84. The Labute approximate surface area is 110 Å². The van der Waals surface area contributed by atoms with Crippen molar-refractivity contribution in [3.8, 4) is 0 Å². The summed E-state index contributed by atoms with van der Waals surface area (Å²) in [6.07, 6.45) is 0. The van der Waals surface area contributed by atoms with Crippen molar-refractivity contribution in [2.75, 3.05) is 13.1 Å². The summed E-state index contributed by atoms with van der Waals surface area (Å²) in [4.78, 5) is 14.3. The van der Waals surface area contributed by atoms with Crippen LogP contribution in [-0.4, -0.2) is 23.9 Å². The van der Waals surface area contributed by atoms with Crippen molar-refractivity contribution in [2.45, 2.75) is 34.2 Å². The number of amides is 1. The van der Waals surface area contributed by atoms with Crippen molar-refractivity contribution in [1.82, 2.24) is 4.90 Å². The van der Waals surface area contributed by atoms with Crippen LogP contribution in [0.2, 0.25) is 0 Å². The van der Waals surface area contributed by atoms with Crippen LogP contribution in [0.25, 0.3) is 0 Å². The van der Waals surface area contributed by atoms with E-state index in [0.29, 0.717) is 19.6 Å². The molecule has 0 bridgehead atoms. The van der Waals surface area contributed by atoms with E-state index in [2.05, 4.69) is 19.1 Å². The zero-order valence-corrected chi connectivity index (χ0v) is 11.9. The Bertz CT molecular complexity index is 413. The van der Waals surface area contributed by atoms with Gasteiger partial charge in [-0.3, -0.25) is 4.79 Å². The van der Waals surface area contributed by atoms with Gasteiger partial charge in [0.1, 0.15) is 0 Å². The topological polar surface area (TPSA) is 46.3 Å². The van der Waals surface area contributed by atoms with Crippen LogP contribution in [0.5, 0.6) is 0 Å². The Morgan fingerprint density at radius 1 is 1.33 bits per heavy atom. The molecular formula is C15H24N2O. The number of aryl methyl sites for hydroxylation is 1. The van der Waals surface area contributed by atoms with Crippen LogP contribution in [-0.2, 0) is 11.3 Å². The largest absolute Gasteiger partial charge is 0.338 e. The molecule has 0 radical (unpaired) electrons. The van der Waals surface area contributed by atoms with Gasteiger partial charge in [-0.1, -0.05) is 24.3 Å². The third-order valence-corrected chi connectivity index (χ3v) is 3.38. The van der Waals surface area contributed by atoms with Gasteiger partial charge in [0.2, 0.25) is 5.91 Å². The van der Waals surface area contributed by atoms with Gasteiger partial charge in [-0.25, -0.2) is 0 Å². The zero-order valence-electron chi connectivity index (χ0n) is 11.9. The molecule has 0 heterocycles. The molecule has 18 heavy (non-hydrogen) atoms. The highest BCUT2D eigenvalue weighted by atomic mass is 16.2. The van der Waals surface area contributed by atoms with Crippen molar-refractivity contribution in [1.29, 1.82) is 0 Å². The summed E-state index contributed by atoms with van der Waals surface area (Å²) in [6.45, 7) is 9.61. The number of hydrogen-bond donors (Lipinski definition) is 1. The molecule has 0 atom stereocenters. The Hall–Kier alpha value is -1.35. The van der Waals surface area contributed by atoms with E-state index in [-0.39, 0.29) is 5.91 Å². The minimum atomic E-state index is -0.487. The van der Waals surface area contributed by atoms with Gasteiger partial charge in [0.05, 0.1) is 5.41 Å². The summed E-state index contributed by atoms with van der Waals surface area (Å²) in [7, 11) is 0. The monoisotopic (exact) mass is 248 g/mol. The lowest BCUT2D eigenvalue weighted by molar-refractivity contribution is -0.140. The van der Waals surface area contributed by atoms with Crippen LogP contribution in [0, 0.1) is 12.3 Å². The first-order valence-electron chi connectivity index (χ1n) is 6.46. The molecule has 0 aliphatic rings. The third-order valence-electron chi connectivity index (χ3n) is 3.38. The first kappa shape index (κ1) is 14.7. The van der Waals surface area contributed by atoms with Gasteiger partial charge in [0.25, 0.3) is 0 Å². The highest BCUT2D eigenvalue weighted by molar-refractivity contribution is 5.82. The molecule has 0 saturated carbocycles.